The predicted octanol–water partition coefficient (Wildman–Crippen LogP) is 2.13. The van der Waals surface area contributed by atoms with Crippen LogP contribution in [0.5, 0.6) is 0 Å². The first-order valence-corrected chi connectivity index (χ1v) is 7.80. The minimum absolute atomic E-state index is 0.266. The van der Waals surface area contributed by atoms with Gasteiger partial charge in [0, 0.05) is 19.3 Å². The first-order valence-electron chi connectivity index (χ1n) is 6.36. The summed E-state index contributed by atoms with van der Waals surface area (Å²) < 4.78 is 26.1. The minimum Gasteiger partial charge on any atom is -0.399 e. The number of anilines is 1. The maximum Gasteiger partial charge on any atom is 0.242 e. The van der Waals surface area contributed by atoms with Gasteiger partial charge in [0.05, 0.1) is 4.90 Å². The fourth-order valence-corrected chi connectivity index (χ4v) is 3.04. The zero-order valence-corrected chi connectivity index (χ0v) is 12.2. The quantitative estimate of drug-likeness (QED) is 0.858. The average Bonchev–Trinajstić information content (AvgIpc) is 2.46. The number of hydrogen-bond donors (Lipinski definition) is 1. The van der Waals surface area contributed by atoms with Crippen molar-refractivity contribution in [3.05, 3.63) is 60.2 Å². The van der Waals surface area contributed by atoms with Gasteiger partial charge in [-0.05, 0) is 36.2 Å². The first-order chi connectivity index (χ1) is 9.50. The Labute approximate surface area is 119 Å². The SMILES string of the molecule is CN(CCc1ccccc1)S(=O)(=O)c1ccc(N)cc1. The third-order valence-corrected chi connectivity index (χ3v) is 5.02. The Bertz CT molecular complexity index is 652. The van der Waals surface area contributed by atoms with Crippen LogP contribution >= 0.6 is 0 Å². The summed E-state index contributed by atoms with van der Waals surface area (Å²) in [6.07, 6.45) is 0.686. The molecule has 0 atom stereocenters. The summed E-state index contributed by atoms with van der Waals surface area (Å²) >= 11 is 0. The average molecular weight is 290 g/mol. The summed E-state index contributed by atoms with van der Waals surface area (Å²) in [5.74, 6) is 0. The molecule has 106 valence electrons. The topological polar surface area (TPSA) is 63.4 Å². The van der Waals surface area contributed by atoms with Crippen molar-refractivity contribution in [2.75, 3.05) is 19.3 Å². The maximum absolute atomic E-state index is 12.3. The highest BCUT2D eigenvalue weighted by atomic mass is 32.2. The van der Waals surface area contributed by atoms with E-state index in [4.69, 9.17) is 5.73 Å². The van der Waals surface area contributed by atoms with E-state index >= 15 is 0 Å². The highest BCUT2D eigenvalue weighted by molar-refractivity contribution is 7.89. The third-order valence-electron chi connectivity index (χ3n) is 3.15. The molecule has 4 nitrogen and oxygen atoms in total. The van der Waals surface area contributed by atoms with Gasteiger partial charge in [-0.1, -0.05) is 30.3 Å². The number of rotatable bonds is 5. The molecule has 2 aromatic carbocycles. The number of benzene rings is 2. The van der Waals surface area contributed by atoms with E-state index in [0.29, 0.717) is 18.7 Å². The first kappa shape index (κ1) is 14.6. The molecule has 0 fully saturated rings. The molecule has 2 rings (SSSR count). The Morgan fingerprint density at radius 3 is 2.20 bits per heavy atom. The molecule has 2 aromatic rings. The zero-order chi connectivity index (χ0) is 14.6. The third kappa shape index (κ3) is 3.37. The molecule has 0 unspecified atom stereocenters. The van der Waals surface area contributed by atoms with Gasteiger partial charge in [-0.2, -0.15) is 0 Å². The van der Waals surface area contributed by atoms with E-state index in [9.17, 15) is 8.42 Å². The highest BCUT2D eigenvalue weighted by Crippen LogP contribution is 2.16. The Kier molecular flexibility index (Phi) is 4.42. The van der Waals surface area contributed by atoms with Crippen molar-refractivity contribution in [3.63, 3.8) is 0 Å². The monoisotopic (exact) mass is 290 g/mol. The Morgan fingerprint density at radius 1 is 1.00 bits per heavy atom. The van der Waals surface area contributed by atoms with Crippen LogP contribution in [0.2, 0.25) is 0 Å². The summed E-state index contributed by atoms with van der Waals surface area (Å²) in [6, 6.07) is 16.1. The van der Waals surface area contributed by atoms with Crippen LogP contribution in [-0.2, 0) is 16.4 Å². The molecular weight excluding hydrogens is 272 g/mol. The molecule has 5 heteroatoms. The largest absolute Gasteiger partial charge is 0.399 e. The molecule has 0 saturated carbocycles. The molecule has 0 bridgehead atoms. The molecule has 20 heavy (non-hydrogen) atoms. The summed E-state index contributed by atoms with van der Waals surface area (Å²) in [7, 11) is -1.86. The van der Waals surface area contributed by atoms with E-state index in [1.807, 2.05) is 30.3 Å². The van der Waals surface area contributed by atoms with Gasteiger partial charge in [0.2, 0.25) is 10.0 Å². The summed E-state index contributed by atoms with van der Waals surface area (Å²) in [6.45, 7) is 0.441. The summed E-state index contributed by atoms with van der Waals surface area (Å²) in [5.41, 5.74) is 7.24. The number of nitrogens with zero attached hydrogens (tertiary/aromatic N) is 1. The van der Waals surface area contributed by atoms with E-state index in [0.717, 1.165) is 5.56 Å². The second-order valence-electron chi connectivity index (χ2n) is 4.63. The second-order valence-corrected chi connectivity index (χ2v) is 6.68. The lowest BCUT2D eigenvalue weighted by molar-refractivity contribution is 0.472. The van der Waals surface area contributed by atoms with Crippen molar-refractivity contribution in [1.82, 2.24) is 4.31 Å². The van der Waals surface area contributed by atoms with Crippen LogP contribution in [0.3, 0.4) is 0 Å². The van der Waals surface area contributed by atoms with E-state index in [1.54, 1.807) is 19.2 Å². The van der Waals surface area contributed by atoms with Crippen LogP contribution in [0, 0.1) is 0 Å². The Hall–Kier alpha value is -1.85. The van der Waals surface area contributed by atoms with Gasteiger partial charge >= 0.3 is 0 Å². The fourth-order valence-electron chi connectivity index (χ4n) is 1.87. The highest BCUT2D eigenvalue weighted by Gasteiger charge is 2.20. The fraction of sp³-hybridized carbons (Fsp3) is 0.200. The molecule has 0 aliphatic rings. The molecule has 0 amide bonds. The maximum atomic E-state index is 12.3. The normalized spacial score (nSPS) is 11.7. The van der Waals surface area contributed by atoms with Crippen molar-refractivity contribution in [2.45, 2.75) is 11.3 Å². The standard InChI is InChI=1S/C15H18N2O2S/c1-17(12-11-13-5-3-2-4-6-13)20(18,19)15-9-7-14(16)8-10-15/h2-10H,11-12,16H2,1H3. The number of nitrogen functional groups attached to an aromatic ring is 1. The zero-order valence-electron chi connectivity index (χ0n) is 11.4. The van der Waals surface area contributed by atoms with Gasteiger partial charge in [-0.3, -0.25) is 0 Å². The van der Waals surface area contributed by atoms with Gasteiger partial charge in [0.25, 0.3) is 0 Å². The molecule has 0 aromatic heterocycles. The molecule has 0 saturated heterocycles. The lowest BCUT2D eigenvalue weighted by Gasteiger charge is -2.17. The number of likely N-dealkylation sites (N-methyl/N-ethyl adjacent to an activating group) is 1. The molecule has 0 aliphatic carbocycles. The van der Waals surface area contributed by atoms with Crippen LogP contribution in [0.4, 0.5) is 5.69 Å². The molecule has 0 heterocycles. The van der Waals surface area contributed by atoms with Gasteiger partial charge < -0.3 is 5.73 Å². The molecule has 2 N–H and O–H groups in total. The van der Waals surface area contributed by atoms with Crippen molar-refractivity contribution in [1.29, 1.82) is 0 Å². The summed E-state index contributed by atoms with van der Waals surface area (Å²) in [4.78, 5) is 0.266. The van der Waals surface area contributed by atoms with E-state index in [1.165, 1.54) is 16.4 Å². The molecule has 0 spiro atoms. The number of sulfonamides is 1. The lowest BCUT2D eigenvalue weighted by Crippen LogP contribution is -2.29. The van der Waals surface area contributed by atoms with Crippen LogP contribution < -0.4 is 5.73 Å². The smallest absolute Gasteiger partial charge is 0.242 e. The summed E-state index contributed by atoms with van der Waals surface area (Å²) in [5, 5.41) is 0. The lowest BCUT2D eigenvalue weighted by atomic mass is 10.2. The Balaban J connectivity index is 2.08. The van der Waals surface area contributed by atoms with Gasteiger partial charge in [-0.25, -0.2) is 12.7 Å². The number of hydrogen-bond acceptors (Lipinski definition) is 3. The predicted molar refractivity (Wildman–Crippen MR) is 80.8 cm³/mol. The second kappa shape index (κ2) is 6.07. The van der Waals surface area contributed by atoms with Gasteiger partial charge in [0.15, 0.2) is 0 Å². The molecule has 0 aliphatic heterocycles. The van der Waals surface area contributed by atoms with Crippen molar-refractivity contribution >= 4 is 15.7 Å². The van der Waals surface area contributed by atoms with Crippen LogP contribution in [0.25, 0.3) is 0 Å². The van der Waals surface area contributed by atoms with Crippen LogP contribution in [0.15, 0.2) is 59.5 Å². The molecular formula is C15H18N2O2S. The van der Waals surface area contributed by atoms with Crippen molar-refractivity contribution < 1.29 is 8.42 Å². The van der Waals surface area contributed by atoms with Crippen LogP contribution in [-0.4, -0.2) is 26.3 Å². The molecule has 0 radical (unpaired) electrons. The van der Waals surface area contributed by atoms with E-state index < -0.39 is 10.0 Å². The van der Waals surface area contributed by atoms with Crippen molar-refractivity contribution in [2.24, 2.45) is 0 Å². The number of nitrogens with two attached hydrogens (primary N) is 1. The van der Waals surface area contributed by atoms with E-state index in [-0.39, 0.29) is 4.90 Å². The van der Waals surface area contributed by atoms with Crippen LogP contribution in [0.1, 0.15) is 5.56 Å². The van der Waals surface area contributed by atoms with Crippen molar-refractivity contribution in [3.8, 4) is 0 Å². The minimum atomic E-state index is -3.45. The Morgan fingerprint density at radius 2 is 1.60 bits per heavy atom. The van der Waals surface area contributed by atoms with Gasteiger partial charge in [-0.15, -0.1) is 0 Å². The van der Waals surface area contributed by atoms with E-state index in [2.05, 4.69) is 0 Å². The van der Waals surface area contributed by atoms with Gasteiger partial charge in [0.1, 0.15) is 0 Å².